The molecule has 1 heterocycles. The predicted molar refractivity (Wildman–Crippen MR) is 53.0 cm³/mol. The Labute approximate surface area is 81.8 Å². The molecule has 0 aromatic heterocycles. The van der Waals surface area contributed by atoms with Gasteiger partial charge in [-0.2, -0.15) is 0 Å². The topological polar surface area (TPSA) is 20.3 Å². The zero-order chi connectivity index (χ0) is 9.30. The second-order valence-corrected chi connectivity index (χ2v) is 4.59. The zero-order valence-electron chi connectivity index (χ0n) is 7.51. The third-order valence-corrected chi connectivity index (χ3v) is 2.52. The lowest BCUT2D eigenvalue weighted by molar-refractivity contribution is -0.130. The van der Waals surface area contributed by atoms with E-state index in [1.54, 1.807) is 0 Å². The summed E-state index contributed by atoms with van der Waals surface area (Å²) in [6, 6.07) is 0.363. The van der Waals surface area contributed by atoms with E-state index in [0.29, 0.717) is 12.6 Å². The second kappa shape index (κ2) is 3.60. The van der Waals surface area contributed by atoms with Gasteiger partial charge in [-0.05, 0) is 13.3 Å². The Hall–Kier alpha value is -0.310. The summed E-state index contributed by atoms with van der Waals surface area (Å²) in [4.78, 5) is 13.4. The molecule has 0 spiro atoms. The van der Waals surface area contributed by atoms with Crippen molar-refractivity contribution in [2.75, 3.05) is 6.54 Å². The number of hydrogen-bond acceptors (Lipinski definition) is 1. The summed E-state index contributed by atoms with van der Waals surface area (Å²) in [7, 11) is 0. The Morgan fingerprint density at radius 2 is 2.33 bits per heavy atom. The fraction of sp³-hybridized carbons (Fsp3) is 0.667. The molecule has 1 saturated heterocycles. The molecule has 0 aliphatic carbocycles. The van der Waals surface area contributed by atoms with Crippen LogP contribution in [0.3, 0.4) is 0 Å². The fourth-order valence-electron chi connectivity index (χ4n) is 1.66. The summed E-state index contributed by atoms with van der Waals surface area (Å²) in [5.74, 6) is 0.440. The third-order valence-electron chi connectivity index (χ3n) is 2.27. The van der Waals surface area contributed by atoms with Crippen LogP contribution < -0.4 is 0 Å². The molecule has 0 radical (unpaired) electrons. The molecular formula is C9H14BrNO. The summed E-state index contributed by atoms with van der Waals surface area (Å²) in [6.07, 6.45) is 0.971. The molecule has 2 atom stereocenters. The van der Waals surface area contributed by atoms with E-state index in [9.17, 15) is 4.79 Å². The molecule has 1 fully saturated rings. The highest BCUT2D eigenvalue weighted by Crippen LogP contribution is 2.25. The molecule has 0 bridgehead atoms. The molecule has 1 aliphatic heterocycles. The first-order valence-electron chi connectivity index (χ1n) is 4.16. The maximum atomic E-state index is 11.5. The normalized spacial score (nSPS) is 29.6. The fourth-order valence-corrected chi connectivity index (χ4v) is 1.93. The summed E-state index contributed by atoms with van der Waals surface area (Å²) >= 11 is 3.27. The van der Waals surface area contributed by atoms with E-state index in [-0.39, 0.29) is 11.8 Å². The first-order chi connectivity index (χ1) is 5.52. The number of hydrogen-bond donors (Lipinski definition) is 0. The van der Waals surface area contributed by atoms with Crippen molar-refractivity contribution in [1.82, 2.24) is 4.90 Å². The molecule has 3 heteroatoms. The van der Waals surface area contributed by atoms with Crippen molar-refractivity contribution in [3.8, 4) is 0 Å². The van der Waals surface area contributed by atoms with Gasteiger partial charge in [-0.1, -0.05) is 29.4 Å². The van der Waals surface area contributed by atoms with E-state index in [0.717, 1.165) is 10.9 Å². The van der Waals surface area contributed by atoms with Gasteiger partial charge >= 0.3 is 0 Å². The van der Waals surface area contributed by atoms with Crippen molar-refractivity contribution in [3.05, 3.63) is 11.1 Å². The Balaban J connectivity index is 2.63. The molecule has 2 unspecified atom stereocenters. The minimum Gasteiger partial charge on any atom is -0.335 e. The first kappa shape index (κ1) is 9.78. The van der Waals surface area contributed by atoms with Gasteiger partial charge in [-0.3, -0.25) is 4.79 Å². The second-order valence-electron chi connectivity index (χ2n) is 3.47. The lowest BCUT2D eigenvalue weighted by Gasteiger charge is -2.20. The highest BCUT2D eigenvalue weighted by molar-refractivity contribution is 9.11. The van der Waals surface area contributed by atoms with Gasteiger partial charge in [-0.15, -0.1) is 0 Å². The smallest absolute Gasteiger partial charge is 0.226 e. The van der Waals surface area contributed by atoms with E-state index in [2.05, 4.69) is 29.4 Å². The molecule has 1 amide bonds. The summed E-state index contributed by atoms with van der Waals surface area (Å²) in [6.45, 7) is 8.44. The van der Waals surface area contributed by atoms with Crippen molar-refractivity contribution in [2.24, 2.45) is 5.92 Å². The van der Waals surface area contributed by atoms with Crippen molar-refractivity contribution in [2.45, 2.75) is 26.3 Å². The molecule has 0 saturated carbocycles. The molecule has 0 aromatic carbocycles. The average Bonchev–Trinajstić information content (AvgIpc) is 2.16. The van der Waals surface area contributed by atoms with Gasteiger partial charge in [0.15, 0.2) is 0 Å². The molecule has 1 aliphatic rings. The standard InChI is InChI=1S/C9H14BrNO/c1-6-4-8(3)11(9(6)12)5-7(2)10/h6,8H,2,4-5H2,1,3H3. The van der Waals surface area contributed by atoms with E-state index in [1.165, 1.54) is 0 Å². The Kier molecular flexibility index (Phi) is 2.94. The van der Waals surface area contributed by atoms with Crippen LogP contribution in [0.25, 0.3) is 0 Å². The zero-order valence-corrected chi connectivity index (χ0v) is 9.10. The van der Waals surface area contributed by atoms with Gasteiger partial charge in [-0.25, -0.2) is 0 Å². The van der Waals surface area contributed by atoms with Crippen molar-refractivity contribution in [1.29, 1.82) is 0 Å². The molecule has 12 heavy (non-hydrogen) atoms. The van der Waals surface area contributed by atoms with Gasteiger partial charge in [0.2, 0.25) is 5.91 Å². The monoisotopic (exact) mass is 231 g/mol. The van der Waals surface area contributed by atoms with Crippen molar-refractivity contribution >= 4 is 21.8 Å². The number of likely N-dealkylation sites (tertiary alicyclic amines) is 1. The van der Waals surface area contributed by atoms with Gasteiger partial charge < -0.3 is 4.90 Å². The summed E-state index contributed by atoms with van der Waals surface area (Å²) < 4.78 is 0.872. The minimum atomic E-state index is 0.187. The summed E-state index contributed by atoms with van der Waals surface area (Å²) in [5.41, 5.74) is 0. The van der Waals surface area contributed by atoms with E-state index >= 15 is 0 Å². The van der Waals surface area contributed by atoms with Crippen LogP contribution in [0, 0.1) is 5.92 Å². The van der Waals surface area contributed by atoms with Gasteiger partial charge in [0.05, 0.1) is 6.54 Å². The number of carbonyl (C=O) groups excluding carboxylic acids is 1. The van der Waals surface area contributed by atoms with Crippen LogP contribution in [0.1, 0.15) is 20.3 Å². The average molecular weight is 232 g/mol. The Morgan fingerprint density at radius 3 is 2.67 bits per heavy atom. The van der Waals surface area contributed by atoms with Crippen LogP contribution in [-0.4, -0.2) is 23.4 Å². The number of carbonyl (C=O) groups is 1. The van der Waals surface area contributed by atoms with Crippen LogP contribution in [0.2, 0.25) is 0 Å². The van der Waals surface area contributed by atoms with Crippen LogP contribution in [0.5, 0.6) is 0 Å². The van der Waals surface area contributed by atoms with Crippen molar-refractivity contribution in [3.63, 3.8) is 0 Å². The van der Waals surface area contributed by atoms with E-state index < -0.39 is 0 Å². The molecular weight excluding hydrogens is 218 g/mol. The maximum Gasteiger partial charge on any atom is 0.226 e. The van der Waals surface area contributed by atoms with Gasteiger partial charge in [0, 0.05) is 16.4 Å². The van der Waals surface area contributed by atoms with Crippen LogP contribution in [0.15, 0.2) is 11.1 Å². The number of nitrogens with zero attached hydrogens (tertiary/aromatic N) is 1. The van der Waals surface area contributed by atoms with Crippen LogP contribution >= 0.6 is 15.9 Å². The van der Waals surface area contributed by atoms with E-state index in [4.69, 9.17) is 0 Å². The minimum absolute atomic E-state index is 0.187. The lowest BCUT2D eigenvalue weighted by atomic mass is 10.1. The maximum absolute atomic E-state index is 11.5. The van der Waals surface area contributed by atoms with Crippen molar-refractivity contribution < 1.29 is 4.79 Å². The predicted octanol–water partition coefficient (Wildman–Crippen LogP) is 2.15. The van der Waals surface area contributed by atoms with Gasteiger partial charge in [0.25, 0.3) is 0 Å². The molecule has 2 nitrogen and oxygen atoms in total. The highest BCUT2D eigenvalue weighted by atomic mass is 79.9. The Bertz CT molecular complexity index is 215. The first-order valence-corrected chi connectivity index (χ1v) is 4.95. The summed E-state index contributed by atoms with van der Waals surface area (Å²) in [5, 5.41) is 0. The molecule has 1 rings (SSSR count). The molecule has 68 valence electrons. The largest absolute Gasteiger partial charge is 0.335 e. The molecule has 0 aromatic rings. The SMILES string of the molecule is C=C(Br)CN1C(=O)C(C)CC1C. The lowest BCUT2D eigenvalue weighted by Crippen LogP contribution is -2.32. The van der Waals surface area contributed by atoms with Gasteiger partial charge in [0.1, 0.15) is 0 Å². The quantitative estimate of drug-likeness (QED) is 0.714. The number of halogens is 1. The van der Waals surface area contributed by atoms with Crippen LogP contribution in [-0.2, 0) is 4.79 Å². The highest BCUT2D eigenvalue weighted by Gasteiger charge is 2.33. The molecule has 0 N–H and O–H groups in total. The van der Waals surface area contributed by atoms with E-state index in [1.807, 2.05) is 11.8 Å². The Morgan fingerprint density at radius 1 is 1.75 bits per heavy atom. The van der Waals surface area contributed by atoms with Crippen LogP contribution in [0.4, 0.5) is 0 Å². The number of amides is 1. The number of rotatable bonds is 2. The third kappa shape index (κ3) is 1.89.